The van der Waals surface area contributed by atoms with Crippen LogP contribution >= 0.6 is 30.4 Å². The van der Waals surface area contributed by atoms with Gasteiger partial charge in [0, 0.05) is 33.7 Å². The summed E-state index contributed by atoms with van der Waals surface area (Å²) in [6.45, 7) is 2.02. The fourth-order valence-corrected chi connectivity index (χ4v) is 4.19. The van der Waals surface area contributed by atoms with Crippen LogP contribution < -0.4 is 5.32 Å². The van der Waals surface area contributed by atoms with Gasteiger partial charge in [-0.25, -0.2) is 4.79 Å². The van der Waals surface area contributed by atoms with Crippen molar-refractivity contribution < 1.29 is 13.7 Å². The zero-order chi connectivity index (χ0) is 16.1. The van der Waals surface area contributed by atoms with Gasteiger partial charge in [-0.1, -0.05) is 18.2 Å². The molecule has 1 fully saturated rings. The number of alkyl carbamates (subject to hydrolysis) is 1. The van der Waals surface area contributed by atoms with Crippen LogP contribution in [-0.2, 0) is 21.8 Å². The van der Waals surface area contributed by atoms with Gasteiger partial charge in [-0.05, 0) is 54.7 Å². The number of rotatable bonds is 4. The van der Waals surface area contributed by atoms with Gasteiger partial charge in [0.15, 0.2) is 0 Å². The first kappa shape index (κ1) is 17.4. The standard InChI is InChI=1S/C17H22INO3S/c18-23-22-11-12-3-4-14-9-15(6-5-13(14)8-12)16-2-1-7-21-17(20)19-10-16/h5-6,9,12,16H,1-4,7-8,10-11H2,(H,19,20)/t12?,16-/m1/s1. The fraction of sp³-hybridized carbons (Fsp3) is 0.588. The van der Waals surface area contributed by atoms with Crippen LogP contribution in [-0.4, -0.2) is 25.9 Å². The van der Waals surface area contributed by atoms with E-state index in [0.717, 1.165) is 32.3 Å². The van der Waals surface area contributed by atoms with Crippen molar-refractivity contribution in [2.45, 2.75) is 38.0 Å². The lowest BCUT2D eigenvalue weighted by Crippen LogP contribution is -2.31. The Balaban J connectivity index is 1.67. The number of carbonyl (C=O) groups is 1. The molecule has 0 bridgehead atoms. The van der Waals surface area contributed by atoms with E-state index in [2.05, 4.69) is 44.7 Å². The van der Waals surface area contributed by atoms with Crippen molar-refractivity contribution in [1.29, 1.82) is 0 Å². The average molecular weight is 447 g/mol. The van der Waals surface area contributed by atoms with E-state index >= 15 is 0 Å². The first-order valence-electron chi connectivity index (χ1n) is 8.19. The Kier molecular flexibility index (Phi) is 6.47. The monoisotopic (exact) mass is 447 g/mol. The van der Waals surface area contributed by atoms with E-state index in [1.165, 1.54) is 32.3 Å². The summed E-state index contributed by atoms with van der Waals surface area (Å²) in [7, 11) is 1.43. The lowest BCUT2D eigenvalue weighted by atomic mass is 9.82. The smallest absolute Gasteiger partial charge is 0.407 e. The number of carbonyl (C=O) groups excluding carboxylic acids is 1. The second-order valence-electron chi connectivity index (χ2n) is 6.34. The molecule has 1 aliphatic heterocycles. The maximum Gasteiger partial charge on any atom is 0.407 e. The predicted octanol–water partition coefficient (Wildman–Crippen LogP) is 4.41. The van der Waals surface area contributed by atoms with Crippen LogP contribution in [0.3, 0.4) is 0 Å². The van der Waals surface area contributed by atoms with Gasteiger partial charge < -0.3 is 14.2 Å². The van der Waals surface area contributed by atoms with Gasteiger partial charge in [-0.2, -0.15) is 0 Å². The van der Waals surface area contributed by atoms with Crippen LogP contribution in [0.5, 0.6) is 0 Å². The molecule has 23 heavy (non-hydrogen) atoms. The number of hydrogen-bond donors (Lipinski definition) is 1. The molecule has 1 aromatic rings. The highest BCUT2D eigenvalue weighted by Gasteiger charge is 2.22. The summed E-state index contributed by atoms with van der Waals surface area (Å²) >= 11 is 2.18. The van der Waals surface area contributed by atoms with Gasteiger partial charge in [0.25, 0.3) is 0 Å². The van der Waals surface area contributed by atoms with Crippen LogP contribution in [0.25, 0.3) is 0 Å². The van der Waals surface area contributed by atoms with Gasteiger partial charge >= 0.3 is 6.09 Å². The molecule has 1 heterocycles. The third-order valence-electron chi connectivity index (χ3n) is 4.80. The number of hydrogen-bond acceptors (Lipinski definition) is 4. The van der Waals surface area contributed by atoms with Crippen LogP contribution in [0.4, 0.5) is 4.79 Å². The molecule has 1 saturated heterocycles. The summed E-state index contributed by atoms with van der Waals surface area (Å²) < 4.78 is 10.5. The van der Waals surface area contributed by atoms with E-state index in [4.69, 9.17) is 8.92 Å². The van der Waals surface area contributed by atoms with E-state index < -0.39 is 0 Å². The molecule has 0 saturated carbocycles. The predicted molar refractivity (Wildman–Crippen MR) is 101 cm³/mol. The van der Waals surface area contributed by atoms with Gasteiger partial charge in [0.2, 0.25) is 0 Å². The highest BCUT2D eigenvalue weighted by atomic mass is 127. The minimum atomic E-state index is -0.288. The SMILES string of the molecule is O=C1NC[C@H](c2ccc3c(c2)CCC(COSI)C3)CCCO1. The van der Waals surface area contributed by atoms with Crippen LogP contribution in [0.1, 0.15) is 41.9 Å². The van der Waals surface area contributed by atoms with Crippen LogP contribution in [0.2, 0.25) is 0 Å². The first-order chi connectivity index (χ1) is 11.3. The lowest BCUT2D eigenvalue weighted by molar-refractivity contribution is 0.136. The summed E-state index contributed by atoms with van der Waals surface area (Å²) in [5.41, 5.74) is 4.29. The molecule has 0 aromatic heterocycles. The van der Waals surface area contributed by atoms with Crippen molar-refractivity contribution >= 4 is 36.5 Å². The quantitative estimate of drug-likeness (QED) is 0.549. The Morgan fingerprint density at radius 1 is 1.35 bits per heavy atom. The Morgan fingerprint density at radius 2 is 2.26 bits per heavy atom. The van der Waals surface area contributed by atoms with Crippen molar-refractivity contribution in [3.8, 4) is 0 Å². The van der Waals surface area contributed by atoms with E-state index in [1.54, 1.807) is 0 Å². The van der Waals surface area contributed by atoms with Gasteiger partial charge in [-0.3, -0.25) is 0 Å². The topological polar surface area (TPSA) is 47.6 Å². The minimum absolute atomic E-state index is 0.288. The second kappa shape index (κ2) is 8.58. The molecule has 2 atom stereocenters. The zero-order valence-electron chi connectivity index (χ0n) is 13.1. The molecule has 1 aromatic carbocycles. The van der Waals surface area contributed by atoms with Crippen LogP contribution in [0, 0.1) is 5.92 Å². The summed E-state index contributed by atoms with van der Waals surface area (Å²) in [5.74, 6) is 1.03. The molecular weight excluding hydrogens is 425 g/mol. The third kappa shape index (κ3) is 4.76. The fourth-order valence-electron chi connectivity index (χ4n) is 3.51. The molecule has 1 N–H and O–H groups in total. The van der Waals surface area contributed by atoms with Crippen molar-refractivity contribution in [2.24, 2.45) is 5.92 Å². The van der Waals surface area contributed by atoms with Crippen LogP contribution in [0.15, 0.2) is 18.2 Å². The summed E-state index contributed by atoms with van der Waals surface area (Å²) in [4.78, 5) is 11.4. The molecule has 6 heteroatoms. The van der Waals surface area contributed by atoms with Gasteiger partial charge in [-0.15, -0.1) is 0 Å². The number of amides is 1. The average Bonchev–Trinajstić information content (AvgIpc) is 2.56. The largest absolute Gasteiger partial charge is 0.450 e. The van der Waals surface area contributed by atoms with Crippen molar-refractivity contribution in [1.82, 2.24) is 5.32 Å². The Labute approximate surface area is 153 Å². The van der Waals surface area contributed by atoms with E-state index in [-0.39, 0.29) is 6.09 Å². The maximum absolute atomic E-state index is 11.4. The highest BCUT2D eigenvalue weighted by Crippen LogP contribution is 2.31. The number of benzene rings is 1. The zero-order valence-corrected chi connectivity index (χ0v) is 16.0. The minimum Gasteiger partial charge on any atom is -0.450 e. The Hall–Kier alpha value is -0.470. The molecule has 0 radical (unpaired) electrons. The molecule has 1 unspecified atom stereocenters. The van der Waals surface area contributed by atoms with E-state index in [1.807, 2.05) is 0 Å². The van der Waals surface area contributed by atoms with Crippen molar-refractivity contribution in [3.63, 3.8) is 0 Å². The highest BCUT2D eigenvalue weighted by molar-refractivity contribution is 14.2. The van der Waals surface area contributed by atoms with Crippen molar-refractivity contribution in [2.75, 3.05) is 19.8 Å². The Morgan fingerprint density at radius 3 is 3.13 bits per heavy atom. The molecular formula is C17H22INO3S. The first-order valence-corrected chi connectivity index (χ1v) is 11.5. The molecule has 1 amide bonds. The van der Waals surface area contributed by atoms with E-state index in [0.29, 0.717) is 25.0 Å². The maximum atomic E-state index is 11.4. The number of fused-ring (bicyclic) bond motifs is 1. The lowest BCUT2D eigenvalue weighted by Gasteiger charge is -2.26. The number of ether oxygens (including phenoxy) is 1. The molecule has 1 aliphatic carbocycles. The molecule has 4 nitrogen and oxygen atoms in total. The Bertz CT molecular complexity index is 555. The molecule has 126 valence electrons. The number of cyclic esters (lactones) is 1. The summed E-state index contributed by atoms with van der Waals surface area (Å²) in [6, 6.07) is 6.89. The molecule has 0 spiro atoms. The van der Waals surface area contributed by atoms with Gasteiger partial charge in [0.05, 0.1) is 22.4 Å². The van der Waals surface area contributed by atoms with E-state index in [9.17, 15) is 4.79 Å². The summed E-state index contributed by atoms with van der Waals surface area (Å²) in [5, 5.41) is 2.86. The molecule has 3 rings (SSSR count). The third-order valence-corrected chi connectivity index (χ3v) is 5.79. The number of aryl methyl sites for hydroxylation is 1. The number of halogens is 1. The number of nitrogens with one attached hydrogen (secondary N) is 1. The molecule has 2 aliphatic rings. The normalized spacial score (nSPS) is 24.8. The van der Waals surface area contributed by atoms with Crippen molar-refractivity contribution in [3.05, 3.63) is 34.9 Å². The van der Waals surface area contributed by atoms with Gasteiger partial charge in [0.1, 0.15) is 0 Å². The second-order valence-corrected chi connectivity index (χ2v) is 7.78. The summed E-state index contributed by atoms with van der Waals surface area (Å²) in [6.07, 6.45) is 5.14.